The molecule has 0 unspecified atom stereocenters. The van der Waals surface area contributed by atoms with Crippen molar-refractivity contribution in [2.24, 2.45) is 0 Å². The van der Waals surface area contributed by atoms with E-state index >= 15 is 0 Å². The SMILES string of the molecule is Cc1ccc(C=Cc2nc(=S)n(CN(C)CC(=O)NC(C)(C)C)[nH]2)o1. The van der Waals surface area contributed by atoms with E-state index in [2.05, 4.69) is 15.4 Å². The highest BCUT2D eigenvalue weighted by molar-refractivity contribution is 7.71. The molecular weight excluding hydrogens is 338 g/mol. The van der Waals surface area contributed by atoms with Gasteiger partial charge in [-0.1, -0.05) is 0 Å². The summed E-state index contributed by atoms with van der Waals surface area (Å²) in [4.78, 5) is 18.1. The van der Waals surface area contributed by atoms with Gasteiger partial charge in [0.2, 0.25) is 10.7 Å². The molecule has 0 saturated carbocycles. The van der Waals surface area contributed by atoms with Gasteiger partial charge in [0, 0.05) is 5.54 Å². The number of rotatable bonds is 6. The van der Waals surface area contributed by atoms with E-state index in [0.717, 1.165) is 11.5 Å². The number of amides is 1. The quantitative estimate of drug-likeness (QED) is 0.772. The predicted octanol–water partition coefficient (Wildman–Crippen LogP) is 2.82. The molecule has 0 aromatic carbocycles. The average molecular weight is 363 g/mol. The van der Waals surface area contributed by atoms with Gasteiger partial charge in [-0.3, -0.25) is 14.8 Å². The lowest BCUT2D eigenvalue weighted by atomic mass is 10.1. The first kappa shape index (κ1) is 19.1. The largest absolute Gasteiger partial charge is 0.462 e. The third kappa shape index (κ3) is 6.32. The number of aromatic amines is 1. The van der Waals surface area contributed by atoms with Crippen LogP contribution in [0.15, 0.2) is 16.5 Å². The molecule has 8 heteroatoms. The monoisotopic (exact) mass is 363 g/mol. The van der Waals surface area contributed by atoms with Crippen molar-refractivity contribution in [3.8, 4) is 0 Å². The summed E-state index contributed by atoms with van der Waals surface area (Å²) in [5.74, 6) is 2.21. The number of carbonyl (C=O) groups is 1. The molecule has 0 atom stereocenters. The van der Waals surface area contributed by atoms with Crippen molar-refractivity contribution in [2.45, 2.75) is 39.9 Å². The molecule has 0 saturated heterocycles. The van der Waals surface area contributed by atoms with Crippen LogP contribution in [0.1, 0.15) is 38.1 Å². The Kier molecular flexibility index (Phi) is 5.97. The van der Waals surface area contributed by atoms with Crippen LogP contribution in [0.25, 0.3) is 12.2 Å². The molecule has 2 heterocycles. The van der Waals surface area contributed by atoms with Crippen molar-refractivity contribution in [3.63, 3.8) is 0 Å². The molecule has 2 rings (SSSR count). The summed E-state index contributed by atoms with van der Waals surface area (Å²) in [6, 6.07) is 3.79. The number of carbonyl (C=O) groups excluding carboxylic acids is 1. The molecule has 2 N–H and O–H groups in total. The van der Waals surface area contributed by atoms with Crippen LogP contribution in [-0.4, -0.2) is 44.7 Å². The fourth-order valence-electron chi connectivity index (χ4n) is 2.24. The van der Waals surface area contributed by atoms with Gasteiger partial charge in [0.25, 0.3) is 0 Å². The number of aryl methyl sites for hydroxylation is 1. The van der Waals surface area contributed by atoms with Crippen LogP contribution >= 0.6 is 12.2 Å². The van der Waals surface area contributed by atoms with E-state index in [4.69, 9.17) is 16.6 Å². The van der Waals surface area contributed by atoms with E-state index in [1.54, 1.807) is 10.8 Å². The molecule has 136 valence electrons. The molecule has 2 aromatic heterocycles. The molecule has 0 aliphatic carbocycles. The maximum absolute atomic E-state index is 12.0. The molecule has 25 heavy (non-hydrogen) atoms. The Bertz CT molecular complexity index is 810. The smallest absolute Gasteiger partial charge is 0.234 e. The Morgan fingerprint density at radius 1 is 1.44 bits per heavy atom. The Morgan fingerprint density at radius 3 is 2.76 bits per heavy atom. The molecule has 7 nitrogen and oxygen atoms in total. The molecule has 0 spiro atoms. The maximum atomic E-state index is 12.0. The van der Waals surface area contributed by atoms with Gasteiger partial charge in [-0.25, -0.2) is 4.68 Å². The van der Waals surface area contributed by atoms with Crippen LogP contribution in [0.4, 0.5) is 0 Å². The first-order valence-corrected chi connectivity index (χ1v) is 8.44. The molecule has 1 amide bonds. The third-order valence-corrected chi connectivity index (χ3v) is 3.49. The van der Waals surface area contributed by atoms with Crippen molar-refractivity contribution in [2.75, 3.05) is 13.6 Å². The summed E-state index contributed by atoms with van der Waals surface area (Å²) < 4.78 is 7.62. The number of hydrogen-bond donors (Lipinski definition) is 2. The normalized spacial score (nSPS) is 12.2. The summed E-state index contributed by atoms with van der Waals surface area (Å²) in [6.07, 6.45) is 3.63. The molecule has 0 aliphatic rings. The van der Waals surface area contributed by atoms with Gasteiger partial charge >= 0.3 is 0 Å². The number of nitrogens with one attached hydrogen (secondary N) is 2. The second-order valence-corrected chi connectivity index (χ2v) is 7.42. The fourth-order valence-corrected chi connectivity index (χ4v) is 2.45. The van der Waals surface area contributed by atoms with E-state index < -0.39 is 0 Å². The van der Waals surface area contributed by atoms with Crippen LogP contribution in [0.3, 0.4) is 0 Å². The molecule has 2 aromatic rings. The van der Waals surface area contributed by atoms with Crippen molar-refractivity contribution < 1.29 is 9.21 Å². The Balaban J connectivity index is 1.96. The molecule has 0 bridgehead atoms. The van der Waals surface area contributed by atoms with Gasteiger partial charge in [-0.15, -0.1) is 0 Å². The number of furan rings is 1. The molecule has 0 radical (unpaired) electrons. The topological polar surface area (TPSA) is 79.1 Å². The minimum absolute atomic E-state index is 0.0330. The number of nitrogens with zero attached hydrogens (tertiary/aromatic N) is 3. The predicted molar refractivity (Wildman–Crippen MR) is 100 cm³/mol. The van der Waals surface area contributed by atoms with Crippen LogP contribution in [-0.2, 0) is 11.5 Å². The second kappa shape index (κ2) is 7.79. The number of hydrogen-bond acceptors (Lipinski definition) is 5. The van der Waals surface area contributed by atoms with Gasteiger partial charge in [0.1, 0.15) is 17.3 Å². The summed E-state index contributed by atoms with van der Waals surface area (Å²) in [7, 11) is 1.85. The van der Waals surface area contributed by atoms with Gasteiger partial charge in [0.05, 0.1) is 13.2 Å². The van der Waals surface area contributed by atoms with E-state index in [-0.39, 0.29) is 18.0 Å². The minimum atomic E-state index is -0.246. The summed E-state index contributed by atoms with van der Waals surface area (Å²) in [6.45, 7) is 8.47. The van der Waals surface area contributed by atoms with Crippen LogP contribution in [0, 0.1) is 11.7 Å². The number of aromatic nitrogens is 3. The zero-order valence-corrected chi connectivity index (χ0v) is 16.1. The van der Waals surface area contributed by atoms with Crippen molar-refractivity contribution >= 4 is 30.3 Å². The lowest BCUT2D eigenvalue weighted by molar-refractivity contribution is -0.123. The highest BCUT2D eigenvalue weighted by Gasteiger charge is 2.15. The summed E-state index contributed by atoms with van der Waals surface area (Å²) in [5, 5.41) is 6.04. The standard InChI is InChI=1S/C17H25N5O2S/c1-12-6-7-13(24-12)8-9-14-18-16(25)22(20-14)11-21(5)10-15(23)19-17(2,3)4/h6-9H,10-11H2,1-5H3,(H,19,23)(H,18,20,25). The van der Waals surface area contributed by atoms with Crippen LogP contribution in [0.5, 0.6) is 0 Å². The Labute approximate surface area is 152 Å². The zero-order chi connectivity index (χ0) is 18.6. The lowest BCUT2D eigenvalue weighted by Crippen LogP contribution is -2.45. The highest BCUT2D eigenvalue weighted by Crippen LogP contribution is 2.10. The first-order valence-electron chi connectivity index (χ1n) is 8.03. The van der Waals surface area contributed by atoms with E-state index in [9.17, 15) is 4.79 Å². The van der Waals surface area contributed by atoms with Gasteiger partial charge in [0.15, 0.2) is 0 Å². The van der Waals surface area contributed by atoms with E-state index in [1.165, 1.54) is 0 Å². The summed E-state index contributed by atoms with van der Waals surface area (Å²) in [5.41, 5.74) is -0.246. The van der Waals surface area contributed by atoms with Gasteiger partial charge in [-0.05, 0) is 71.2 Å². The van der Waals surface area contributed by atoms with Crippen molar-refractivity contribution in [1.29, 1.82) is 0 Å². The van der Waals surface area contributed by atoms with Crippen LogP contribution in [0.2, 0.25) is 0 Å². The Hall–Kier alpha value is -2.19. The maximum Gasteiger partial charge on any atom is 0.234 e. The fraction of sp³-hybridized carbons (Fsp3) is 0.471. The highest BCUT2D eigenvalue weighted by atomic mass is 32.1. The van der Waals surface area contributed by atoms with E-state index in [0.29, 0.717) is 17.3 Å². The van der Waals surface area contributed by atoms with Crippen LogP contribution < -0.4 is 5.32 Å². The Morgan fingerprint density at radius 2 is 2.16 bits per heavy atom. The minimum Gasteiger partial charge on any atom is -0.462 e. The zero-order valence-electron chi connectivity index (χ0n) is 15.3. The van der Waals surface area contributed by atoms with Crippen molar-refractivity contribution in [1.82, 2.24) is 25.0 Å². The third-order valence-electron chi connectivity index (χ3n) is 3.17. The molecule has 0 fully saturated rings. The number of likely N-dealkylation sites (N-methyl/N-ethyl adjacent to an activating group) is 1. The summed E-state index contributed by atoms with van der Waals surface area (Å²) >= 11 is 5.26. The second-order valence-electron chi connectivity index (χ2n) is 7.05. The lowest BCUT2D eigenvalue weighted by Gasteiger charge is -2.23. The van der Waals surface area contributed by atoms with Crippen molar-refractivity contribution in [3.05, 3.63) is 34.2 Å². The van der Waals surface area contributed by atoms with E-state index in [1.807, 2.05) is 57.9 Å². The molecular formula is C17H25N5O2S. The first-order chi connectivity index (χ1) is 11.6. The van der Waals surface area contributed by atoms with Gasteiger partial charge in [-0.2, -0.15) is 4.98 Å². The molecule has 0 aliphatic heterocycles. The average Bonchev–Trinajstić information content (AvgIpc) is 3.01. The van der Waals surface area contributed by atoms with Gasteiger partial charge < -0.3 is 9.73 Å². The number of H-pyrrole nitrogens is 1.